The van der Waals surface area contributed by atoms with Gasteiger partial charge in [-0.05, 0) is 37.5 Å². The maximum absolute atomic E-state index is 13.0. The second-order valence-electron chi connectivity index (χ2n) is 8.45. The molecule has 0 saturated carbocycles. The maximum Gasteiger partial charge on any atom is 0.273 e. The molecule has 2 amide bonds. The Morgan fingerprint density at radius 2 is 1.97 bits per heavy atom. The summed E-state index contributed by atoms with van der Waals surface area (Å²) in [4.78, 5) is 48.5. The Morgan fingerprint density at radius 3 is 2.77 bits per heavy atom. The summed E-state index contributed by atoms with van der Waals surface area (Å²) < 4.78 is 12.4. The molecule has 4 heterocycles. The van der Waals surface area contributed by atoms with Gasteiger partial charge in [-0.1, -0.05) is 17.4 Å². The van der Waals surface area contributed by atoms with Crippen LogP contribution in [0.2, 0.25) is 0 Å². The predicted octanol–water partition coefficient (Wildman–Crippen LogP) is 1.25. The van der Waals surface area contributed by atoms with Gasteiger partial charge in [0.15, 0.2) is 22.3 Å². The van der Waals surface area contributed by atoms with Crippen molar-refractivity contribution in [2.75, 3.05) is 31.3 Å². The highest BCUT2D eigenvalue weighted by molar-refractivity contribution is 7.22. The number of carbonyl (C=O) groups is 2. The topological polar surface area (TPSA) is 128 Å². The third-order valence-electron chi connectivity index (χ3n) is 6.10. The lowest BCUT2D eigenvalue weighted by atomic mass is 9.96. The van der Waals surface area contributed by atoms with Crippen LogP contribution in [-0.2, 0) is 22.7 Å². The van der Waals surface area contributed by atoms with Crippen LogP contribution in [0.25, 0.3) is 10.3 Å². The zero-order chi connectivity index (χ0) is 24.4. The van der Waals surface area contributed by atoms with Gasteiger partial charge in [0.05, 0.1) is 0 Å². The van der Waals surface area contributed by atoms with E-state index in [9.17, 15) is 14.4 Å². The van der Waals surface area contributed by atoms with Gasteiger partial charge < -0.3 is 25.0 Å². The molecule has 0 aliphatic carbocycles. The number of fused-ring (bicyclic) bond motifs is 2. The second-order valence-corrected chi connectivity index (χ2v) is 9.42. The number of hydrogen-bond acceptors (Lipinski definition) is 9. The lowest BCUT2D eigenvalue weighted by Crippen LogP contribution is -2.40. The van der Waals surface area contributed by atoms with E-state index in [1.165, 1.54) is 22.2 Å². The number of nitrogens with one attached hydrogen (secondary N) is 2. The van der Waals surface area contributed by atoms with Crippen LogP contribution >= 0.6 is 11.3 Å². The summed E-state index contributed by atoms with van der Waals surface area (Å²) in [7, 11) is 0. The third kappa shape index (κ3) is 4.92. The van der Waals surface area contributed by atoms with Crippen molar-refractivity contribution >= 4 is 38.6 Å². The molecule has 2 aliphatic rings. The summed E-state index contributed by atoms with van der Waals surface area (Å²) in [5.74, 6) is 1.13. The lowest BCUT2D eigenvalue weighted by Gasteiger charge is -2.30. The minimum atomic E-state index is -0.303. The molecule has 1 saturated heterocycles. The smallest absolute Gasteiger partial charge is 0.273 e. The molecular weight excluding hydrogens is 472 g/mol. The molecule has 0 spiro atoms. The SMILES string of the molecule is CCNC(=O)C1CCN(c2nc3ncn(CC(=O)NCc4ccc5c(c4)OCO5)c(=O)c3s2)CC1. The number of carbonyl (C=O) groups excluding carboxylic acids is 2. The number of hydrogen-bond donors (Lipinski definition) is 2. The Morgan fingerprint density at radius 1 is 1.17 bits per heavy atom. The first-order chi connectivity index (χ1) is 17.0. The molecule has 2 aliphatic heterocycles. The quantitative estimate of drug-likeness (QED) is 0.498. The summed E-state index contributed by atoms with van der Waals surface area (Å²) in [5, 5.41) is 6.41. The van der Waals surface area contributed by atoms with Gasteiger partial charge in [0.2, 0.25) is 18.6 Å². The fraction of sp³-hybridized carbons (Fsp3) is 0.435. The maximum atomic E-state index is 13.0. The highest BCUT2D eigenvalue weighted by Gasteiger charge is 2.26. The molecule has 0 bridgehead atoms. The molecule has 35 heavy (non-hydrogen) atoms. The minimum absolute atomic E-state index is 0.00658. The van der Waals surface area contributed by atoms with Gasteiger partial charge in [-0.25, -0.2) is 4.98 Å². The van der Waals surface area contributed by atoms with Gasteiger partial charge in [-0.15, -0.1) is 0 Å². The van der Waals surface area contributed by atoms with E-state index in [2.05, 4.69) is 25.5 Å². The highest BCUT2D eigenvalue weighted by atomic mass is 32.1. The summed E-state index contributed by atoms with van der Waals surface area (Å²) in [5.41, 5.74) is 0.943. The molecule has 184 valence electrons. The van der Waals surface area contributed by atoms with Gasteiger partial charge in [0, 0.05) is 32.1 Å². The molecule has 2 aromatic heterocycles. The average Bonchev–Trinajstić information content (AvgIpc) is 3.52. The summed E-state index contributed by atoms with van der Waals surface area (Å²) in [6.45, 7) is 4.28. The number of ether oxygens (including phenoxy) is 2. The van der Waals surface area contributed by atoms with Crippen molar-refractivity contribution in [3.8, 4) is 11.5 Å². The van der Waals surface area contributed by atoms with Gasteiger partial charge in [0.1, 0.15) is 17.6 Å². The zero-order valence-corrected chi connectivity index (χ0v) is 20.1. The van der Waals surface area contributed by atoms with Crippen LogP contribution in [0.4, 0.5) is 5.13 Å². The molecule has 11 nitrogen and oxygen atoms in total. The van der Waals surface area contributed by atoms with Crippen molar-refractivity contribution in [2.45, 2.75) is 32.9 Å². The Hall–Kier alpha value is -3.67. The van der Waals surface area contributed by atoms with Crippen LogP contribution < -0.4 is 30.6 Å². The zero-order valence-electron chi connectivity index (χ0n) is 19.3. The lowest BCUT2D eigenvalue weighted by molar-refractivity contribution is -0.125. The predicted molar refractivity (Wildman–Crippen MR) is 130 cm³/mol. The van der Waals surface area contributed by atoms with E-state index in [0.717, 1.165) is 18.4 Å². The molecule has 1 aromatic carbocycles. The van der Waals surface area contributed by atoms with Crippen LogP contribution in [0.15, 0.2) is 29.3 Å². The fourth-order valence-electron chi connectivity index (χ4n) is 4.20. The molecule has 5 rings (SSSR count). The van der Waals surface area contributed by atoms with Crippen LogP contribution in [0.3, 0.4) is 0 Å². The minimum Gasteiger partial charge on any atom is -0.454 e. The number of thiazole rings is 1. The first kappa shape index (κ1) is 23.1. The molecule has 0 radical (unpaired) electrons. The number of nitrogens with zero attached hydrogens (tertiary/aromatic N) is 4. The van der Waals surface area contributed by atoms with Crippen molar-refractivity contribution in [1.29, 1.82) is 0 Å². The van der Waals surface area contributed by atoms with Gasteiger partial charge in [-0.3, -0.25) is 19.0 Å². The molecule has 0 unspecified atom stereocenters. The Balaban J connectivity index is 1.21. The standard InChI is InChI=1S/C23H26N6O5S/c1-2-24-21(31)15-5-7-28(8-6-15)23-27-20-19(35-23)22(32)29(12-26-20)11-18(30)25-10-14-3-4-16-17(9-14)34-13-33-16/h3-4,9,12,15H,2,5-8,10-11,13H2,1H3,(H,24,31)(H,25,30). The molecule has 1 fully saturated rings. The summed E-state index contributed by atoms with van der Waals surface area (Å²) >= 11 is 1.27. The van der Waals surface area contributed by atoms with Crippen LogP contribution in [0, 0.1) is 5.92 Å². The first-order valence-corrected chi connectivity index (χ1v) is 12.4. The first-order valence-electron chi connectivity index (χ1n) is 11.6. The molecule has 3 aromatic rings. The van der Waals surface area contributed by atoms with Gasteiger partial charge >= 0.3 is 0 Å². The van der Waals surface area contributed by atoms with E-state index in [4.69, 9.17) is 9.47 Å². The van der Waals surface area contributed by atoms with E-state index < -0.39 is 0 Å². The Bertz CT molecular complexity index is 1310. The van der Waals surface area contributed by atoms with Gasteiger partial charge in [-0.2, -0.15) is 4.98 Å². The van der Waals surface area contributed by atoms with E-state index in [1.54, 1.807) is 6.07 Å². The average molecular weight is 499 g/mol. The van der Waals surface area contributed by atoms with Crippen LogP contribution in [-0.4, -0.2) is 52.8 Å². The number of amides is 2. The van der Waals surface area contributed by atoms with Crippen LogP contribution in [0.1, 0.15) is 25.3 Å². The third-order valence-corrected chi connectivity index (χ3v) is 7.19. The van der Waals surface area contributed by atoms with E-state index in [-0.39, 0.29) is 36.6 Å². The number of rotatable bonds is 7. The molecular formula is C23H26N6O5S. The number of aromatic nitrogens is 3. The molecule has 0 atom stereocenters. The van der Waals surface area contributed by atoms with Crippen molar-refractivity contribution < 1.29 is 19.1 Å². The summed E-state index contributed by atoms with van der Waals surface area (Å²) in [6.07, 6.45) is 2.83. The molecule has 12 heteroatoms. The second kappa shape index (κ2) is 9.90. The van der Waals surface area contributed by atoms with E-state index in [1.807, 2.05) is 19.1 Å². The Labute approximate surface area is 205 Å². The fourth-order valence-corrected chi connectivity index (χ4v) is 5.22. The number of benzene rings is 1. The van der Waals surface area contributed by atoms with Crippen molar-refractivity contribution in [3.05, 3.63) is 40.4 Å². The largest absolute Gasteiger partial charge is 0.454 e. The normalized spacial score (nSPS) is 15.4. The van der Waals surface area contributed by atoms with Crippen molar-refractivity contribution in [2.24, 2.45) is 5.92 Å². The summed E-state index contributed by atoms with van der Waals surface area (Å²) in [6, 6.07) is 5.47. The van der Waals surface area contributed by atoms with E-state index in [0.29, 0.717) is 53.2 Å². The Kier molecular flexibility index (Phi) is 6.53. The van der Waals surface area contributed by atoms with Gasteiger partial charge in [0.25, 0.3) is 5.56 Å². The number of anilines is 1. The molecule has 2 N–H and O–H groups in total. The monoisotopic (exact) mass is 498 g/mol. The van der Waals surface area contributed by atoms with Crippen molar-refractivity contribution in [1.82, 2.24) is 25.2 Å². The number of piperidine rings is 1. The van der Waals surface area contributed by atoms with E-state index >= 15 is 0 Å². The van der Waals surface area contributed by atoms with Crippen LogP contribution in [0.5, 0.6) is 11.5 Å². The van der Waals surface area contributed by atoms with Crippen molar-refractivity contribution in [3.63, 3.8) is 0 Å². The highest BCUT2D eigenvalue weighted by Crippen LogP contribution is 2.32.